The van der Waals surface area contributed by atoms with E-state index in [4.69, 9.17) is 11.6 Å². The Morgan fingerprint density at radius 2 is 1.78 bits per heavy atom. The molecule has 1 aromatic carbocycles. The molecule has 0 spiro atoms. The highest BCUT2D eigenvalue weighted by Gasteiger charge is 2.30. The largest absolute Gasteiger partial charge is 0.416 e. The summed E-state index contributed by atoms with van der Waals surface area (Å²) in [5.41, 5.74) is 1.29. The minimum absolute atomic E-state index is 0.222. The summed E-state index contributed by atoms with van der Waals surface area (Å²) in [5, 5.41) is 0.222. The summed E-state index contributed by atoms with van der Waals surface area (Å²) >= 11 is 6.07. The van der Waals surface area contributed by atoms with E-state index in [1.54, 1.807) is 24.4 Å². The molecule has 3 nitrogen and oxygen atoms in total. The molecule has 0 atom stereocenters. The molecule has 3 rings (SSSR count). The maximum Gasteiger partial charge on any atom is 0.416 e. The molecule has 0 aliphatic rings. The maximum absolute atomic E-state index is 12.8. The molecule has 0 aliphatic heterocycles. The van der Waals surface area contributed by atoms with Crippen LogP contribution in [-0.2, 0) is 6.18 Å². The van der Waals surface area contributed by atoms with Crippen LogP contribution < -0.4 is 0 Å². The standard InChI is InChI=1S/C16H9ClF3N3/c17-15-13(14-4-5-21-9-23-14)7-11(8-22-15)10-2-1-3-12(6-10)16(18,19)20/h1-9H. The fraction of sp³-hybridized carbons (Fsp3) is 0.0625. The predicted molar refractivity (Wildman–Crippen MR) is 80.7 cm³/mol. The van der Waals surface area contributed by atoms with Crippen LogP contribution in [0.15, 0.2) is 55.1 Å². The van der Waals surface area contributed by atoms with Crippen molar-refractivity contribution in [2.45, 2.75) is 6.18 Å². The Morgan fingerprint density at radius 1 is 0.957 bits per heavy atom. The molecule has 0 amide bonds. The molecule has 0 aliphatic carbocycles. The molecular formula is C16H9ClF3N3. The molecule has 0 bridgehead atoms. The Balaban J connectivity index is 2.09. The van der Waals surface area contributed by atoms with Gasteiger partial charge in [0.2, 0.25) is 0 Å². The zero-order valence-corrected chi connectivity index (χ0v) is 12.3. The van der Waals surface area contributed by atoms with Crippen molar-refractivity contribution in [2.75, 3.05) is 0 Å². The van der Waals surface area contributed by atoms with E-state index in [9.17, 15) is 13.2 Å². The highest BCUT2D eigenvalue weighted by Crippen LogP contribution is 2.34. The molecule has 0 radical (unpaired) electrons. The van der Waals surface area contributed by atoms with Crippen molar-refractivity contribution in [1.82, 2.24) is 15.0 Å². The van der Waals surface area contributed by atoms with E-state index in [1.807, 2.05) is 0 Å². The maximum atomic E-state index is 12.8. The van der Waals surface area contributed by atoms with Crippen LogP contribution in [0, 0.1) is 0 Å². The van der Waals surface area contributed by atoms with Gasteiger partial charge in [0.25, 0.3) is 0 Å². The van der Waals surface area contributed by atoms with Crippen molar-refractivity contribution in [2.24, 2.45) is 0 Å². The average molecular weight is 336 g/mol. The van der Waals surface area contributed by atoms with Crippen LogP contribution in [0.2, 0.25) is 5.15 Å². The summed E-state index contributed by atoms with van der Waals surface area (Å²) in [6.45, 7) is 0. The lowest BCUT2D eigenvalue weighted by Gasteiger charge is -2.10. The highest BCUT2D eigenvalue weighted by molar-refractivity contribution is 6.32. The van der Waals surface area contributed by atoms with Crippen molar-refractivity contribution in [3.63, 3.8) is 0 Å². The first kappa shape index (κ1) is 15.4. The molecule has 0 saturated heterocycles. The van der Waals surface area contributed by atoms with Crippen LogP contribution in [0.1, 0.15) is 5.56 Å². The van der Waals surface area contributed by atoms with Crippen molar-refractivity contribution >= 4 is 11.6 Å². The van der Waals surface area contributed by atoms with Gasteiger partial charge >= 0.3 is 6.18 Å². The van der Waals surface area contributed by atoms with Gasteiger partial charge in [0, 0.05) is 23.5 Å². The van der Waals surface area contributed by atoms with Crippen molar-refractivity contribution in [3.8, 4) is 22.4 Å². The summed E-state index contributed by atoms with van der Waals surface area (Å²) in [5.74, 6) is 0. The summed E-state index contributed by atoms with van der Waals surface area (Å²) in [4.78, 5) is 12.0. The fourth-order valence-electron chi connectivity index (χ4n) is 2.11. The van der Waals surface area contributed by atoms with Gasteiger partial charge in [0.05, 0.1) is 11.3 Å². The predicted octanol–water partition coefficient (Wildman–Crippen LogP) is 4.88. The summed E-state index contributed by atoms with van der Waals surface area (Å²) in [7, 11) is 0. The lowest BCUT2D eigenvalue weighted by molar-refractivity contribution is -0.137. The van der Waals surface area contributed by atoms with Gasteiger partial charge in [-0.1, -0.05) is 23.7 Å². The van der Waals surface area contributed by atoms with Crippen LogP contribution in [-0.4, -0.2) is 15.0 Å². The first-order valence-electron chi connectivity index (χ1n) is 6.55. The number of hydrogen-bond donors (Lipinski definition) is 0. The third-order valence-electron chi connectivity index (χ3n) is 3.22. The quantitative estimate of drug-likeness (QED) is 0.627. The molecule has 2 heterocycles. The Labute approximate surface area is 134 Å². The second-order valence-corrected chi connectivity index (χ2v) is 5.09. The van der Waals surface area contributed by atoms with Crippen LogP contribution >= 0.6 is 11.6 Å². The van der Waals surface area contributed by atoms with E-state index < -0.39 is 11.7 Å². The smallest absolute Gasteiger partial charge is 0.245 e. The van der Waals surface area contributed by atoms with E-state index in [0.717, 1.165) is 12.1 Å². The van der Waals surface area contributed by atoms with E-state index in [-0.39, 0.29) is 5.15 Å². The van der Waals surface area contributed by atoms with E-state index in [0.29, 0.717) is 22.4 Å². The van der Waals surface area contributed by atoms with Gasteiger partial charge in [-0.15, -0.1) is 0 Å². The SMILES string of the molecule is FC(F)(F)c1cccc(-c2cnc(Cl)c(-c3ccncn3)c2)c1. The molecule has 0 fully saturated rings. The number of hydrogen-bond acceptors (Lipinski definition) is 3. The lowest BCUT2D eigenvalue weighted by Crippen LogP contribution is -2.04. The van der Waals surface area contributed by atoms with Gasteiger partial charge in [-0.25, -0.2) is 15.0 Å². The normalized spacial score (nSPS) is 11.5. The third kappa shape index (κ3) is 3.32. The van der Waals surface area contributed by atoms with Gasteiger partial charge in [0.15, 0.2) is 0 Å². The number of alkyl halides is 3. The zero-order valence-electron chi connectivity index (χ0n) is 11.5. The second-order valence-electron chi connectivity index (χ2n) is 4.74. The van der Waals surface area contributed by atoms with Crippen molar-refractivity contribution in [1.29, 1.82) is 0 Å². The Kier molecular flexibility index (Phi) is 4.00. The number of aromatic nitrogens is 3. The number of pyridine rings is 1. The summed E-state index contributed by atoms with van der Waals surface area (Å²) in [6, 6.07) is 8.36. The monoisotopic (exact) mass is 335 g/mol. The van der Waals surface area contributed by atoms with Crippen LogP contribution in [0.4, 0.5) is 13.2 Å². The summed E-state index contributed by atoms with van der Waals surface area (Å²) < 4.78 is 38.5. The average Bonchev–Trinajstić information content (AvgIpc) is 2.55. The van der Waals surface area contributed by atoms with E-state index in [2.05, 4.69) is 15.0 Å². The minimum atomic E-state index is -4.40. The van der Waals surface area contributed by atoms with Crippen molar-refractivity contribution < 1.29 is 13.2 Å². The van der Waals surface area contributed by atoms with Gasteiger partial charge < -0.3 is 0 Å². The molecular weight excluding hydrogens is 327 g/mol. The van der Waals surface area contributed by atoms with Gasteiger partial charge in [-0.2, -0.15) is 13.2 Å². The van der Waals surface area contributed by atoms with Gasteiger partial charge in [-0.05, 0) is 29.8 Å². The molecule has 2 aromatic heterocycles. The lowest BCUT2D eigenvalue weighted by atomic mass is 10.0. The minimum Gasteiger partial charge on any atom is -0.245 e. The molecule has 0 unspecified atom stereocenters. The third-order valence-corrected chi connectivity index (χ3v) is 3.52. The number of rotatable bonds is 2. The fourth-order valence-corrected chi connectivity index (χ4v) is 2.31. The topological polar surface area (TPSA) is 38.7 Å². The van der Waals surface area contributed by atoms with Gasteiger partial charge in [-0.3, -0.25) is 0 Å². The molecule has 116 valence electrons. The number of nitrogens with zero attached hydrogens (tertiary/aromatic N) is 3. The van der Waals surface area contributed by atoms with Gasteiger partial charge in [0.1, 0.15) is 11.5 Å². The number of benzene rings is 1. The van der Waals surface area contributed by atoms with Crippen LogP contribution in [0.25, 0.3) is 22.4 Å². The Bertz CT molecular complexity index is 835. The van der Waals surface area contributed by atoms with E-state index >= 15 is 0 Å². The first-order chi connectivity index (χ1) is 10.9. The Hall–Kier alpha value is -2.47. The van der Waals surface area contributed by atoms with Crippen LogP contribution in [0.5, 0.6) is 0 Å². The first-order valence-corrected chi connectivity index (χ1v) is 6.92. The Morgan fingerprint density at radius 3 is 2.48 bits per heavy atom. The van der Waals surface area contributed by atoms with Crippen LogP contribution in [0.3, 0.4) is 0 Å². The highest BCUT2D eigenvalue weighted by atomic mass is 35.5. The molecule has 7 heteroatoms. The molecule has 23 heavy (non-hydrogen) atoms. The molecule has 3 aromatic rings. The molecule has 0 N–H and O–H groups in total. The molecule has 0 saturated carbocycles. The second kappa shape index (κ2) is 5.96. The number of halogens is 4. The zero-order chi connectivity index (χ0) is 16.4. The summed E-state index contributed by atoms with van der Waals surface area (Å²) in [6.07, 6.45) is -0.0495. The van der Waals surface area contributed by atoms with E-state index in [1.165, 1.54) is 18.6 Å². The van der Waals surface area contributed by atoms with Crippen molar-refractivity contribution in [3.05, 3.63) is 65.8 Å².